The first kappa shape index (κ1) is 30.8. The molecule has 10 heteroatoms. The summed E-state index contributed by atoms with van der Waals surface area (Å²) < 4.78 is 11.0. The number of benzene rings is 4. The second kappa shape index (κ2) is 12.9. The lowest BCUT2D eigenvalue weighted by atomic mass is 9.86. The Morgan fingerprint density at radius 2 is 1.42 bits per heavy atom. The van der Waals surface area contributed by atoms with Gasteiger partial charge < -0.3 is 29.7 Å². The molecule has 0 bridgehead atoms. The van der Waals surface area contributed by atoms with Crippen molar-refractivity contribution in [3.8, 4) is 22.6 Å². The molecule has 4 aromatic carbocycles. The summed E-state index contributed by atoms with van der Waals surface area (Å²) in [6.07, 6.45) is 2.18. The van der Waals surface area contributed by atoms with E-state index in [-0.39, 0.29) is 6.54 Å². The van der Waals surface area contributed by atoms with Crippen LogP contribution in [-0.4, -0.2) is 58.3 Å². The maximum Gasteiger partial charge on any atom is 0.336 e. The van der Waals surface area contributed by atoms with Gasteiger partial charge in [0.05, 0.1) is 42.5 Å². The molecule has 0 unspecified atom stereocenters. The zero-order chi connectivity index (χ0) is 32.2. The number of aromatic carboxylic acids is 3. The molecular formula is C35H31NO9. The fourth-order valence-electron chi connectivity index (χ4n) is 5.91. The van der Waals surface area contributed by atoms with Crippen molar-refractivity contribution in [3.05, 3.63) is 118 Å². The topological polar surface area (TPSA) is 151 Å². The summed E-state index contributed by atoms with van der Waals surface area (Å²) in [5.74, 6) is -4.23. The number of hydrogen-bond acceptors (Lipinski definition) is 6. The zero-order valence-electron chi connectivity index (χ0n) is 24.6. The molecule has 5 rings (SSSR count). The standard InChI is InChI=1S/C35H31NO9/c1-44-23-13-14-31(45-2)25(16-23)22-10-5-7-20(15-22)19-36(30-12-6-9-21-8-3-4-11-24(21)30)32(37)26-17-28(34(40)41)29(35(42)43)18-27(26)33(38)39/h3-5,7-8,10-11,13-18,30H,6,9,12,19H2,1-2H3,(H,38,39)(H,40,41)(H,42,43)/t30-/m0/s1. The number of methoxy groups -OCH3 is 2. The van der Waals surface area contributed by atoms with E-state index in [9.17, 15) is 34.5 Å². The van der Waals surface area contributed by atoms with Gasteiger partial charge in [0.25, 0.3) is 5.91 Å². The molecular weight excluding hydrogens is 578 g/mol. The van der Waals surface area contributed by atoms with Gasteiger partial charge in [-0.2, -0.15) is 0 Å². The van der Waals surface area contributed by atoms with Crippen LogP contribution < -0.4 is 9.47 Å². The smallest absolute Gasteiger partial charge is 0.336 e. The van der Waals surface area contributed by atoms with Gasteiger partial charge in [-0.1, -0.05) is 42.5 Å². The van der Waals surface area contributed by atoms with Gasteiger partial charge in [0.2, 0.25) is 0 Å². The van der Waals surface area contributed by atoms with Crippen molar-refractivity contribution < 1.29 is 44.0 Å². The van der Waals surface area contributed by atoms with Crippen molar-refractivity contribution in [2.75, 3.05) is 14.2 Å². The van der Waals surface area contributed by atoms with Gasteiger partial charge in [-0.25, -0.2) is 14.4 Å². The second-order valence-corrected chi connectivity index (χ2v) is 10.7. The largest absolute Gasteiger partial charge is 0.497 e. The van der Waals surface area contributed by atoms with Crippen LogP contribution in [0.5, 0.6) is 11.5 Å². The molecule has 0 aliphatic heterocycles. The highest BCUT2D eigenvalue weighted by molar-refractivity contribution is 6.10. The molecule has 1 aliphatic carbocycles. The lowest BCUT2D eigenvalue weighted by Gasteiger charge is -2.36. The van der Waals surface area contributed by atoms with Crippen LogP contribution in [0.25, 0.3) is 11.1 Å². The number of aryl methyl sites for hydroxylation is 1. The maximum atomic E-state index is 14.5. The summed E-state index contributed by atoms with van der Waals surface area (Å²) in [4.78, 5) is 52.2. The van der Waals surface area contributed by atoms with Crippen molar-refractivity contribution in [1.82, 2.24) is 4.90 Å². The van der Waals surface area contributed by atoms with Crippen LogP contribution in [0.15, 0.2) is 78.9 Å². The van der Waals surface area contributed by atoms with E-state index in [4.69, 9.17) is 9.47 Å². The highest BCUT2D eigenvalue weighted by atomic mass is 16.5. The van der Waals surface area contributed by atoms with Crippen molar-refractivity contribution >= 4 is 23.8 Å². The SMILES string of the molecule is COc1ccc(OC)c(-c2cccc(CN(C(=O)c3cc(C(=O)O)c(C(=O)O)cc3C(=O)O)[C@H]3CCCc4ccccc43)c2)c1. The fraction of sp³-hybridized carbons (Fsp3) is 0.200. The maximum absolute atomic E-state index is 14.5. The van der Waals surface area contributed by atoms with E-state index < -0.39 is 52.1 Å². The number of nitrogens with zero attached hydrogens (tertiary/aromatic N) is 1. The molecule has 0 saturated heterocycles. The number of rotatable bonds is 10. The van der Waals surface area contributed by atoms with Crippen LogP contribution in [0.4, 0.5) is 0 Å². The molecule has 230 valence electrons. The van der Waals surface area contributed by atoms with Gasteiger partial charge >= 0.3 is 17.9 Å². The van der Waals surface area contributed by atoms with Crippen LogP contribution in [0.1, 0.15) is 77.0 Å². The summed E-state index contributed by atoms with van der Waals surface area (Å²) in [5.41, 5.74) is 1.88. The third-order valence-electron chi connectivity index (χ3n) is 8.05. The summed E-state index contributed by atoms with van der Waals surface area (Å²) in [6.45, 7) is 0.0557. The Labute approximate surface area is 259 Å². The van der Waals surface area contributed by atoms with E-state index in [1.807, 2.05) is 54.6 Å². The Balaban J connectivity index is 1.65. The van der Waals surface area contributed by atoms with Gasteiger partial charge in [-0.15, -0.1) is 0 Å². The number of amides is 1. The number of carbonyl (C=O) groups excluding carboxylic acids is 1. The normalized spacial score (nSPS) is 13.8. The number of carboxylic acid groups (broad SMARTS) is 3. The molecule has 0 radical (unpaired) electrons. The van der Waals surface area contributed by atoms with Crippen molar-refractivity contribution in [1.29, 1.82) is 0 Å². The molecule has 45 heavy (non-hydrogen) atoms. The molecule has 1 atom stereocenters. The molecule has 0 spiro atoms. The zero-order valence-corrected chi connectivity index (χ0v) is 24.6. The number of carbonyl (C=O) groups is 4. The Kier molecular flexibility index (Phi) is 8.85. The molecule has 1 amide bonds. The molecule has 0 fully saturated rings. The average Bonchev–Trinajstić information content (AvgIpc) is 3.05. The van der Waals surface area contributed by atoms with E-state index in [2.05, 4.69) is 0 Å². The van der Waals surface area contributed by atoms with Crippen molar-refractivity contribution in [2.45, 2.75) is 31.8 Å². The predicted octanol–water partition coefficient (Wildman–Crippen LogP) is 6.19. The Hall–Kier alpha value is -5.64. The minimum Gasteiger partial charge on any atom is -0.497 e. The minimum absolute atomic E-state index is 0.0557. The molecule has 0 aromatic heterocycles. The lowest BCUT2D eigenvalue weighted by Crippen LogP contribution is -2.37. The third kappa shape index (κ3) is 6.21. The predicted molar refractivity (Wildman–Crippen MR) is 164 cm³/mol. The summed E-state index contributed by atoms with van der Waals surface area (Å²) >= 11 is 0. The number of carboxylic acids is 3. The first-order chi connectivity index (χ1) is 21.6. The van der Waals surface area contributed by atoms with Crippen LogP contribution in [-0.2, 0) is 13.0 Å². The van der Waals surface area contributed by atoms with E-state index in [0.29, 0.717) is 17.9 Å². The van der Waals surface area contributed by atoms with Crippen molar-refractivity contribution in [2.24, 2.45) is 0 Å². The summed E-state index contributed by atoms with van der Waals surface area (Å²) in [7, 11) is 3.13. The van der Waals surface area contributed by atoms with Gasteiger partial charge in [0, 0.05) is 12.1 Å². The van der Waals surface area contributed by atoms with Gasteiger partial charge in [0.1, 0.15) is 11.5 Å². The summed E-state index contributed by atoms with van der Waals surface area (Å²) in [5, 5.41) is 29.4. The second-order valence-electron chi connectivity index (χ2n) is 10.7. The van der Waals surface area contributed by atoms with Gasteiger partial charge in [-0.3, -0.25) is 4.79 Å². The van der Waals surface area contributed by atoms with Crippen LogP contribution in [0, 0.1) is 0 Å². The molecule has 10 nitrogen and oxygen atoms in total. The van der Waals surface area contributed by atoms with Crippen LogP contribution in [0.2, 0.25) is 0 Å². The summed E-state index contributed by atoms with van der Waals surface area (Å²) in [6, 6.07) is 21.8. The average molecular weight is 610 g/mol. The molecule has 1 aliphatic rings. The van der Waals surface area contributed by atoms with Crippen molar-refractivity contribution in [3.63, 3.8) is 0 Å². The Bertz CT molecular complexity index is 1810. The Morgan fingerprint density at radius 1 is 0.756 bits per heavy atom. The monoisotopic (exact) mass is 609 g/mol. The Morgan fingerprint density at radius 3 is 2.09 bits per heavy atom. The molecule has 4 aromatic rings. The minimum atomic E-state index is -1.61. The molecule has 3 N–H and O–H groups in total. The van der Waals surface area contributed by atoms with Crippen LogP contribution in [0.3, 0.4) is 0 Å². The fourth-order valence-corrected chi connectivity index (χ4v) is 5.91. The molecule has 0 saturated carbocycles. The van der Waals surface area contributed by atoms with E-state index in [1.54, 1.807) is 31.3 Å². The highest BCUT2D eigenvalue weighted by Gasteiger charge is 2.34. The first-order valence-corrected chi connectivity index (χ1v) is 14.2. The molecule has 0 heterocycles. The highest BCUT2D eigenvalue weighted by Crippen LogP contribution is 2.38. The quantitative estimate of drug-likeness (QED) is 0.191. The first-order valence-electron chi connectivity index (χ1n) is 14.2. The number of ether oxygens (including phenoxy) is 2. The number of hydrogen-bond donors (Lipinski definition) is 3. The number of fused-ring (bicyclic) bond motifs is 1. The van der Waals surface area contributed by atoms with Crippen LogP contribution >= 0.6 is 0 Å². The third-order valence-corrected chi connectivity index (χ3v) is 8.05. The van der Waals surface area contributed by atoms with Gasteiger partial charge in [0.15, 0.2) is 0 Å². The van der Waals surface area contributed by atoms with Gasteiger partial charge in [-0.05, 0) is 77.9 Å². The van der Waals surface area contributed by atoms with E-state index >= 15 is 0 Å². The van der Waals surface area contributed by atoms with E-state index in [1.165, 1.54) is 0 Å². The van der Waals surface area contributed by atoms with E-state index in [0.717, 1.165) is 52.8 Å². The lowest BCUT2D eigenvalue weighted by molar-refractivity contribution is 0.0611.